The van der Waals surface area contributed by atoms with E-state index in [0.29, 0.717) is 18.5 Å². The first kappa shape index (κ1) is 24.4. The van der Waals surface area contributed by atoms with E-state index in [2.05, 4.69) is 21.0 Å². The van der Waals surface area contributed by atoms with Gasteiger partial charge in [-0.3, -0.25) is 25.2 Å². The summed E-state index contributed by atoms with van der Waals surface area (Å²) in [4.78, 5) is 37.5. The molecule has 11 nitrogen and oxygen atoms in total. The quantitative estimate of drug-likeness (QED) is 0.451. The Morgan fingerprint density at radius 3 is 2.31 bits per heavy atom. The van der Waals surface area contributed by atoms with Crippen molar-refractivity contribution in [1.82, 2.24) is 25.4 Å². The number of aromatic nitrogens is 2. The second-order valence-corrected chi connectivity index (χ2v) is 9.97. The van der Waals surface area contributed by atoms with Gasteiger partial charge in [0.1, 0.15) is 5.75 Å². The van der Waals surface area contributed by atoms with Crippen molar-refractivity contribution in [1.29, 1.82) is 0 Å². The zero-order valence-electron chi connectivity index (χ0n) is 19.0. The van der Waals surface area contributed by atoms with E-state index in [1.54, 1.807) is 24.3 Å². The SMILES string of the molecule is COc1ccc(S(=O)(=O)N2CCCCCC2)cc1C(=O)NNC(=O)c1n[nH]c(=O)c2ccccc12. The number of H-pyrrole nitrogens is 1. The van der Waals surface area contributed by atoms with Gasteiger partial charge < -0.3 is 4.74 Å². The molecule has 1 aromatic heterocycles. The normalized spacial score (nSPS) is 14.8. The molecular formula is C23H25N5O6S. The van der Waals surface area contributed by atoms with Crippen LogP contribution in [0.3, 0.4) is 0 Å². The number of fused-ring (bicyclic) bond motifs is 1. The summed E-state index contributed by atoms with van der Waals surface area (Å²) in [5, 5.41) is 6.62. The van der Waals surface area contributed by atoms with Crippen LogP contribution in [0.4, 0.5) is 0 Å². The van der Waals surface area contributed by atoms with Gasteiger partial charge in [-0.2, -0.15) is 9.40 Å². The fourth-order valence-corrected chi connectivity index (χ4v) is 5.53. The minimum Gasteiger partial charge on any atom is -0.496 e. The largest absolute Gasteiger partial charge is 0.496 e. The van der Waals surface area contributed by atoms with Gasteiger partial charge in [-0.25, -0.2) is 13.5 Å². The van der Waals surface area contributed by atoms with Gasteiger partial charge in [0.2, 0.25) is 10.0 Å². The number of sulfonamides is 1. The lowest BCUT2D eigenvalue weighted by Crippen LogP contribution is -2.42. The van der Waals surface area contributed by atoms with Gasteiger partial charge in [-0.05, 0) is 37.1 Å². The van der Waals surface area contributed by atoms with Gasteiger partial charge >= 0.3 is 0 Å². The van der Waals surface area contributed by atoms with Crippen LogP contribution < -0.4 is 21.1 Å². The number of hydrogen-bond donors (Lipinski definition) is 3. The highest BCUT2D eigenvalue weighted by atomic mass is 32.2. The number of hydrogen-bond acceptors (Lipinski definition) is 7. The Kier molecular flexibility index (Phi) is 7.12. The Bertz CT molecular complexity index is 1430. The fourth-order valence-electron chi connectivity index (χ4n) is 3.98. The summed E-state index contributed by atoms with van der Waals surface area (Å²) in [6.45, 7) is 0.845. The Labute approximate surface area is 201 Å². The lowest BCUT2D eigenvalue weighted by atomic mass is 10.1. The van der Waals surface area contributed by atoms with Gasteiger partial charge in [0.15, 0.2) is 5.69 Å². The second-order valence-electron chi connectivity index (χ2n) is 8.04. The molecule has 0 saturated carbocycles. The molecule has 3 N–H and O–H groups in total. The van der Waals surface area contributed by atoms with Crippen molar-refractivity contribution in [2.45, 2.75) is 30.6 Å². The molecular weight excluding hydrogens is 474 g/mol. The van der Waals surface area contributed by atoms with Crippen LogP contribution in [-0.4, -0.2) is 54.9 Å². The Balaban J connectivity index is 1.56. The average molecular weight is 500 g/mol. The minimum absolute atomic E-state index is 0.0371. The van der Waals surface area contributed by atoms with Crippen LogP contribution in [0, 0.1) is 0 Å². The fraction of sp³-hybridized carbons (Fsp3) is 0.304. The van der Waals surface area contributed by atoms with Crippen molar-refractivity contribution in [2.75, 3.05) is 20.2 Å². The molecule has 0 spiro atoms. The van der Waals surface area contributed by atoms with E-state index in [4.69, 9.17) is 4.74 Å². The van der Waals surface area contributed by atoms with Crippen molar-refractivity contribution < 1.29 is 22.7 Å². The van der Waals surface area contributed by atoms with Crippen molar-refractivity contribution in [3.8, 4) is 5.75 Å². The lowest BCUT2D eigenvalue weighted by Gasteiger charge is -2.20. The number of nitrogens with one attached hydrogen (secondary N) is 3. The van der Waals surface area contributed by atoms with E-state index < -0.39 is 27.4 Å². The molecule has 3 aromatic rings. The number of benzene rings is 2. The summed E-state index contributed by atoms with van der Waals surface area (Å²) in [6, 6.07) is 10.4. The van der Waals surface area contributed by atoms with Crippen LogP contribution in [0.25, 0.3) is 10.8 Å². The standard InChI is InChI=1S/C23H25N5O6S/c1-34-19-11-10-15(35(32,33)28-12-6-2-3-7-13-28)14-18(19)22(30)26-27-23(31)20-16-8-4-5-9-17(16)21(29)25-24-20/h4-5,8-11,14H,2-3,6-7,12-13H2,1H3,(H,25,29)(H,26,30)(H,27,31). The number of amides is 2. The zero-order chi connectivity index (χ0) is 25.0. The number of ether oxygens (including phenoxy) is 1. The third-order valence-corrected chi connectivity index (χ3v) is 7.71. The van der Waals surface area contributed by atoms with E-state index in [0.717, 1.165) is 25.7 Å². The topological polar surface area (TPSA) is 151 Å². The van der Waals surface area contributed by atoms with E-state index in [1.807, 2.05) is 0 Å². The van der Waals surface area contributed by atoms with Crippen LogP contribution >= 0.6 is 0 Å². The molecule has 1 fully saturated rings. The van der Waals surface area contributed by atoms with Gasteiger partial charge in [0, 0.05) is 18.5 Å². The summed E-state index contributed by atoms with van der Waals surface area (Å²) in [5.74, 6) is -1.41. The smallest absolute Gasteiger partial charge is 0.290 e. The number of nitrogens with zero attached hydrogens (tertiary/aromatic N) is 2. The molecule has 0 bridgehead atoms. The predicted molar refractivity (Wildman–Crippen MR) is 128 cm³/mol. The minimum atomic E-state index is -3.80. The monoisotopic (exact) mass is 499 g/mol. The number of aromatic amines is 1. The van der Waals surface area contributed by atoms with E-state index in [-0.39, 0.29) is 27.3 Å². The van der Waals surface area contributed by atoms with Crippen LogP contribution in [0.1, 0.15) is 46.5 Å². The molecule has 2 amide bonds. The van der Waals surface area contributed by atoms with Gasteiger partial charge in [0.25, 0.3) is 17.4 Å². The van der Waals surface area contributed by atoms with Crippen molar-refractivity contribution in [2.24, 2.45) is 0 Å². The first-order valence-electron chi connectivity index (χ1n) is 11.1. The van der Waals surface area contributed by atoms with Crippen molar-refractivity contribution in [3.05, 3.63) is 64.1 Å². The summed E-state index contributed by atoms with van der Waals surface area (Å²) >= 11 is 0. The average Bonchev–Trinajstić information content (AvgIpc) is 3.17. The Hall–Kier alpha value is -3.77. The molecule has 1 aliphatic heterocycles. The molecule has 184 valence electrons. The maximum atomic E-state index is 13.2. The Morgan fingerprint density at radius 2 is 1.63 bits per heavy atom. The summed E-state index contributed by atoms with van der Waals surface area (Å²) in [7, 11) is -2.45. The molecule has 0 atom stereocenters. The molecule has 0 radical (unpaired) electrons. The highest BCUT2D eigenvalue weighted by Crippen LogP contribution is 2.26. The number of methoxy groups -OCH3 is 1. The molecule has 35 heavy (non-hydrogen) atoms. The molecule has 0 aliphatic carbocycles. The molecule has 1 saturated heterocycles. The summed E-state index contributed by atoms with van der Waals surface area (Å²) < 4.78 is 33.0. The van der Waals surface area contributed by atoms with E-state index in [1.165, 1.54) is 29.6 Å². The van der Waals surface area contributed by atoms with Gasteiger partial charge in [-0.1, -0.05) is 31.0 Å². The molecule has 1 aliphatic rings. The maximum Gasteiger partial charge on any atom is 0.290 e. The first-order valence-corrected chi connectivity index (χ1v) is 12.5. The second kappa shape index (κ2) is 10.2. The predicted octanol–water partition coefficient (Wildman–Crippen LogP) is 1.57. The first-order chi connectivity index (χ1) is 16.8. The van der Waals surface area contributed by atoms with Gasteiger partial charge in [0.05, 0.1) is 23.0 Å². The van der Waals surface area contributed by atoms with E-state index >= 15 is 0 Å². The maximum absolute atomic E-state index is 13.2. The van der Waals surface area contributed by atoms with Gasteiger partial charge in [-0.15, -0.1) is 0 Å². The molecule has 2 aromatic carbocycles. The molecule has 12 heteroatoms. The number of hydrazine groups is 1. The van der Waals surface area contributed by atoms with Crippen LogP contribution in [0.2, 0.25) is 0 Å². The number of carbonyl (C=O) groups is 2. The molecule has 4 rings (SSSR count). The van der Waals surface area contributed by atoms with Crippen LogP contribution in [0.5, 0.6) is 5.75 Å². The third kappa shape index (κ3) is 5.03. The summed E-state index contributed by atoms with van der Waals surface area (Å²) in [5.41, 5.74) is 3.90. The van der Waals surface area contributed by atoms with Crippen molar-refractivity contribution in [3.63, 3.8) is 0 Å². The highest BCUT2D eigenvalue weighted by molar-refractivity contribution is 7.89. The van der Waals surface area contributed by atoms with Crippen LogP contribution in [-0.2, 0) is 10.0 Å². The van der Waals surface area contributed by atoms with Crippen LogP contribution in [0.15, 0.2) is 52.2 Å². The number of carbonyl (C=O) groups excluding carboxylic acids is 2. The Morgan fingerprint density at radius 1 is 0.971 bits per heavy atom. The zero-order valence-corrected chi connectivity index (χ0v) is 19.9. The van der Waals surface area contributed by atoms with Crippen molar-refractivity contribution >= 4 is 32.6 Å². The number of rotatable bonds is 5. The molecule has 2 heterocycles. The summed E-state index contributed by atoms with van der Waals surface area (Å²) in [6.07, 6.45) is 3.51. The highest BCUT2D eigenvalue weighted by Gasteiger charge is 2.27. The lowest BCUT2D eigenvalue weighted by molar-refractivity contribution is 0.0842. The third-order valence-electron chi connectivity index (χ3n) is 5.82. The molecule has 0 unspecified atom stereocenters. The van der Waals surface area contributed by atoms with E-state index in [9.17, 15) is 22.8 Å².